The van der Waals surface area contributed by atoms with Crippen LogP contribution in [0.1, 0.15) is 12.8 Å². The maximum absolute atomic E-state index is 5.34. The van der Waals surface area contributed by atoms with Crippen molar-refractivity contribution in [3.8, 4) is 0 Å². The summed E-state index contributed by atoms with van der Waals surface area (Å²) in [6.07, 6.45) is 3.23. The molecule has 2 heteroatoms. The van der Waals surface area contributed by atoms with E-state index in [1.165, 1.54) is 19.4 Å². The van der Waals surface area contributed by atoms with Gasteiger partial charge in [0.2, 0.25) is 0 Å². The molecule has 0 radical (unpaired) electrons. The van der Waals surface area contributed by atoms with Gasteiger partial charge in [-0.2, -0.15) is 0 Å². The van der Waals surface area contributed by atoms with Gasteiger partial charge < -0.3 is 10.1 Å². The number of methoxy groups -OCH3 is 1. The third kappa shape index (κ3) is 0.700. The highest BCUT2D eigenvalue weighted by Gasteiger charge is 2.41. The Morgan fingerprint density at radius 3 is 2.56 bits per heavy atom. The SMILES string of the molecule is CO[C@H]1[C@H]2CC[C@H]1NC2. The summed E-state index contributed by atoms with van der Waals surface area (Å²) in [5.74, 6) is 0.819. The molecule has 1 aliphatic heterocycles. The normalized spacial score (nSPS) is 48.3. The van der Waals surface area contributed by atoms with E-state index in [9.17, 15) is 0 Å². The van der Waals surface area contributed by atoms with Gasteiger partial charge >= 0.3 is 0 Å². The summed E-state index contributed by atoms with van der Waals surface area (Å²) >= 11 is 0. The van der Waals surface area contributed by atoms with Gasteiger partial charge in [0.1, 0.15) is 0 Å². The minimum absolute atomic E-state index is 0.532. The number of hydrogen-bond acceptors (Lipinski definition) is 2. The average Bonchev–Trinajstić information content (AvgIpc) is 2.44. The molecule has 1 saturated heterocycles. The van der Waals surface area contributed by atoms with Crippen molar-refractivity contribution < 1.29 is 4.74 Å². The van der Waals surface area contributed by atoms with Gasteiger partial charge in [-0.1, -0.05) is 0 Å². The smallest absolute Gasteiger partial charge is 0.0764 e. The van der Waals surface area contributed by atoms with Gasteiger partial charge in [-0.15, -0.1) is 0 Å². The first kappa shape index (κ1) is 5.69. The Bertz CT molecular complexity index is 95.5. The van der Waals surface area contributed by atoms with Gasteiger partial charge in [-0.3, -0.25) is 0 Å². The van der Waals surface area contributed by atoms with E-state index in [2.05, 4.69) is 5.32 Å². The van der Waals surface area contributed by atoms with E-state index in [0.29, 0.717) is 12.1 Å². The van der Waals surface area contributed by atoms with Crippen LogP contribution < -0.4 is 5.32 Å². The zero-order chi connectivity index (χ0) is 6.27. The topological polar surface area (TPSA) is 21.3 Å². The van der Waals surface area contributed by atoms with E-state index < -0.39 is 0 Å². The van der Waals surface area contributed by atoms with Crippen molar-refractivity contribution in [3.05, 3.63) is 0 Å². The van der Waals surface area contributed by atoms with Crippen LogP contribution in [0.15, 0.2) is 0 Å². The molecule has 2 aliphatic rings. The van der Waals surface area contributed by atoms with Gasteiger partial charge in [-0.05, 0) is 18.8 Å². The van der Waals surface area contributed by atoms with Gasteiger partial charge in [-0.25, -0.2) is 0 Å². The molecule has 1 heterocycles. The maximum Gasteiger partial charge on any atom is 0.0764 e. The van der Waals surface area contributed by atoms with Crippen LogP contribution in [0, 0.1) is 5.92 Å². The Labute approximate surface area is 55.6 Å². The minimum atomic E-state index is 0.532. The second kappa shape index (κ2) is 1.96. The lowest BCUT2D eigenvalue weighted by Crippen LogP contribution is -2.28. The van der Waals surface area contributed by atoms with Gasteiger partial charge in [0.05, 0.1) is 6.10 Å². The summed E-state index contributed by atoms with van der Waals surface area (Å²) in [7, 11) is 1.82. The van der Waals surface area contributed by atoms with E-state index in [4.69, 9.17) is 4.74 Å². The number of piperidine rings is 1. The Morgan fingerprint density at radius 1 is 1.44 bits per heavy atom. The van der Waals surface area contributed by atoms with E-state index in [1.807, 2.05) is 7.11 Å². The molecule has 2 nitrogen and oxygen atoms in total. The molecular weight excluding hydrogens is 114 g/mol. The van der Waals surface area contributed by atoms with Crippen LogP contribution in [-0.4, -0.2) is 25.8 Å². The fourth-order valence-electron chi connectivity index (χ4n) is 2.15. The van der Waals surface area contributed by atoms with Crippen LogP contribution >= 0.6 is 0 Å². The third-order valence-electron chi connectivity index (χ3n) is 2.62. The first-order valence-electron chi connectivity index (χ1n) is 3.68. The minimum Gasteiger partial charge on any atom is -0.379 e. The predicted octanol–water partition coefficient (Wildman–Crippen LogP) is 0.383. The molecule has 3 atom stereocenters. The molecule has 0 aromatic heterocycles. The van der Waals surface area contributed by atoms with Crippen molar-refractivity contribution in [1.82, 2.24) is 5.32 Å². The van der Waals surface area contributed by atoms with Crippen LogP contribution in [0.2, 0.25) is 0 Å². The van der Waals surface area contributed by atoms with E-state index in [0.717, 1.165) is 5.92 Å². The monoisotopic (exact) mass is 127 g/mol. The van der Waals surface area contributed by atoms with E-state index in [-0.39, 0.29) is 0 Å². The Kier molecular flexibility index (Phi) is 1.24. The number of rotatable bonds is 1. The van der Waals surface area contributed by atoms with Crippen molar-refractivity contribution >= 4 is 0 Å². The average molecular weight is 127 g/mol. The molecule has 2 fully saturated rings. The molecule has 0 spiro atoms. The number of ether oxygens (including phenoxy) is 1. The molecule has 2 rings (SSSR count). The van der Waals surface area contributed by atoms with Gasteiger partial charge in [0.25, 0.3) is 0 Å². The summed E-state index contributed by atoms with van der Waals surface area (Å²) in [6.45, 7) is 1.18. The van der Waals surface area contributed by atoms with Crippen LogP contribution in [0.5, 0.6) is 0 Å². The number of nitrogens with one attached hydrogen (secondary N) is 1. The Hall–Kier alpha value is -0.0800. The van der Waals surface area contributed by atoms with Crippen molar-refractivity contribution in [1.29, 1.82) is 0 Å². The van der Waals surface area contributed by atoms with Crippen molar-refractivity contribution in [2.75, 3.05) is 13.7 Å². The second-order valence-corrected chi connectivity index (χ2v) is 3.05. The lowest BCUT2D eigenvalue weighted by Gasteiger charge is -2.10. The Balaban J connectivity index is 2.08. The summed E-state index contributed by atoms with van der Waals surface area (Å²) < 4.78 is 5.34. The van der Waals surface area contributed by atoms with Crippen LogP contribution in [0.25, 0.3) is 0 Å². The molecule has 1 aliphatic carbocycles. The molecule has 1 saturated carbocycles. The maximum atomic E-state index is 5.34. The van der Waals surface area contributed by atoms with Crippen LogP contribution in [-0.2, 0) is 4.74 Å². The lowest BCUT2D eigenvalue weighted by atomic mass is 10.1. The molecule has 0 aromatic carbocycles. The summed E-state index contributed by atoms with van der Waals surface area (Å²) in [6, 6.07) is 0.681. The quantitative estimate of drug-likeness (QED) is 0.550. The first-order valence-corrected chi connectivity index (χ1v) is 3.68. The lowest BCUT2D eigenvalue weighted by molar-refractivity contribution is 0.0839. The van der Waals surface area contributed by atoms with E-state index >= 15 is 0 Å². The molecule has 0 aromatic rings. The molecule has 9 heavy (non-hydrogen) atoms. The zero-order valence-electron chi connectivity index (χ0n) is 5.76. The van der Waals surface area contributed by atoms with Gasteiger partial charge in [0, 0.05) is 19.7 Å². The molecule has 0 unspecified atom stereocenters. The molecule has 1 N–H and O–H groups in total. The zero-order valence-corrected chi connectivity index (χ0v) is 5.76. The number of hydrogen-bond donors (Lipinski definition) is 1. The van der Waals surface area contributed by atoms with Crippen molar-refractivity contribution in [2.24, 2.45) is 5.92 Å². The Morgan fingerprint density at radius 2 is 2.33 bits per heavy atom. The summed E-state index contributed by atoms with van der Waals surface area (Å²) in [5.41, 5.74) is 0. The molecule has 2 bridgehead atoms. The van der Waals surface area contributed by atoms with Crippen molar-refractivity contribution in [2.45, 2.75) is 25.0 Å². The standard InChI is InChI=1S/C7H13NO/c1-9-7-5-2-3-6(7)8-4-5/h5-8H,2-4H2,1H3/t5-,6+,7-/m0/s1. The summed E-state index contributed by atoms with van der Waals surface area (Å²) in [5, 5.41) is 3.43. The second-order valence-electron chi connectivity index (χ2n) is 3.05. The molecule has 52 valence electrons. The van der Waals surface area contributed by atoms with Gasteiger partial charge in [0.15, 0.2) is 0 Å². The highest BCUT2D eigenvalue weighted by molar-refractivity contribution is 4.97. The summed E-state index contributed by atoms with van der Waals surface area (Å²) in [4.78, 5) is 0. The van der Waals surface area contributed by atoms with Crippen LogP contribution in [0.4, 0.5) is 0 Å². The number of fused-ring (bicyclic) bond motifs is 2. The first-order chi connectivity index (χ1) is 4.42. The fourth-order valence-corrected chi connectivity index (χ4v) is 2.15. The largest absolute Gasteiger partial charge is 0.379 e. The van der Waals surface area contributed by atoms with Crippen LogP contribution in [0.3, 0.4) is 0 Å². The highest BCUT2D eigenvalue weighted by atomic mass is 16.5. The highest BCUT2D eigenvalue weighted by Crippen LogP contribution is 2.32. The fraction of sp³-hybridized carbons (Fsp3) is 1.00. The van der Waals surface area contributed by atoms with E-state index in [1.54, 1.807) is 0 Å². The third-order valence-corrected chi connectivity index (χ3v) is 2.62. The predicted molar refractivity (Wildman–Crippen MR) is 35.3 cm³/mol. The molecule has 0 amide bonds. The molecular formula is C7H13NO. The van der Waals surface area contributed by atoms with Crippen molar-refractivity contribution in [3.63, 3.8) is 0 Å².